The maximum Gasteiger partial charge on any atom is 0.337 e. The molecule has 1 aromatic carbocycles. The van der Waals surface area contributed by atoms with Crippen molar-refractivity contribution in [3.63, 3.8) is 0 Å². The number of urea groups is 1. The van der Waals surface area contributed by atoms with Crippen LogP contribution in [-0.4, -0.2) is 34.6 Å². The third-order valence-corrected chi connectivity index (χ3v) is 3.80. The number of carboxylic acids is 1. The number of carboxylic acid groups (broad SMARTS) is 1. The minimum Gasteiger partial charge on any atom is -0.478 e. The van der Waals surface area contributed by atoms with Gasteiger partial charge in [0.05, 0.1) is 11.3 Å². The van der Waals surface area contributed by atoms with Crippen LogP contribution >= 0.6 is 0 Å². The summed E-state index contributed by atoms with van der Waals surface area (Å²) in [5, 5.41) is 12.0. The van der Waals surface area contributed by atoms with Gasteiger partial charge in [-0.1, -0.05) is 12.1 Å². The largest absolute Gasteiger partial charge is 0.478 e. The van der Waals surface area contributed by atoms with Gasteiger partial charge in [-0.05, 0) is 44.7 Å². The van der Waals surface area contributed by atoms with E-state index in [2.05, 4.69) is 5.32 Å². The van der Waals surface area contributed by atoms with Crippen LogP contribution in [0.5, 0.6) is 0 Å². The fourth-order valence-electron chi connectivity index (χ4n) is 2.59. The van der Waals surface area contributed by atoms with E-state index >= 15 is 0 Å². The minimum atomic E-state index is -1.03. The molecule has 1 unspecified atom stereocenters. The lowest BCUT2D eigenvalue weighted by Crippen LogP contribution is -2.44. The van der Waals surface area contributed by atoms with E-state index < -0.39 is 5.97 Å². The van der Waals surface area contributed by atoms with Crippen molar-refractivity contribution in [1.29, 1.82) is 0 Å². The van der Waals surface area contributed by atoms with Crippen molar-refractivity contribution in [2.45, 2.75) is 39.2 Å². The van der Waals surface area contributed by atoms with Crippen LogP contribution in [0, 0.1) is 6.92 Å². The Labute approximate surface area is 118 Å². The van der Waals surface area contributed by atoms with E-state index in [0.717, 1.165) is 31.4 Å². The summed E-state index contributed by atoms with van der Waals surface area (Å²) in [6, 6.07) is 4.96. The molecule has 2 rings (SSSR count). The first kappa shape index (κ1) is 14.4. The van der Waals surface area contributed by atoms with E-state index in [1.54, 1.807) is 24.0 Å². The summed E-state index contributed by atoms with van der Waals surface area (Å²) in [6.07, 6.45) is 3.12. The molecule has 0 bridgehead atoms. The molecule has 5 heteroatoms. The lowest BCUT2D eigenvalue weighted by Gasteiger charge is -2.33. The molecule has 0 radical (unpaired) electrons. The van der Waals surface area contributed by atoms with Crippen molar-refractivity contribution in [1.82, 2.24) is 4.90 Å². The van der Waals surface area contributed by atoms with Crippen LogP contribution in [0.2, 0.25) is 0 Å². The smallest absolute Gasteiger partial charge is 0.337 e. The molecule has 0 saturated carbocycles. The van der Waals surface area contributed by atoms with Gasteiger partial charge in [0.15, 0.2) is 0 Å². The number of aryl methyl sites for hydroxylation is 1. The maximum absolute atomic E-state index is 12.3. The zero-order valence-electron chi connectivity index (χ0n) is 11.8. The number of hydrogen-bond acceptors (Lipinski definition) is 2. The number of carbonyl (C=O) groups excluding carboxylic acids is 1. The van der Waals surface area contributed by atoms with Crippen LogP contribution < -0.4 is 5.32 Å². The van der Waals surface area contributed by atoms with E-state index in [-0.39, 0.29) is 17.6 Å². The molecule has 0 aliphatic carbocycles. The van der Waals surface area contributed by atoms with E-state index in [1.807, 2.05) is 6.92 Å². The maximum atomic E-state index is 12.3. The van der Waals surface area contributed by atoms with Crippen LogP contribution in [0.3, 0.4) is 0 Å². The van der Waals surface area contributed by atoms with Gasteiger partial charge < -0.3 is 15.3 Å². The molecule has 1 heterocycles. The zero-order valence-corrected chi connectivity index (χ0v) is 11.8. The number of benzene rings is 1. The molecule has 2 amide bonds. The number of likely N-dealkylation sites (tertiary alicyclic amines) is 1. The lowest BCUT2D eigenvalue weighted by molar-refractivity contribution is 0.0698. The van der Waals surface area contributed by atoms with Crippen LogP contribution in [-0.2, 0) is 0 Å². The molecular weight excluding hydrogens is 256 g/mol. The highest BCUT2D eigenvalue weighted by molar-refractivity contribution is 6.01. The highest BCUT2D eigenvalue weighted by atomic mass is 16.4. The summed E-state index contributed by atoms with van der Waals surface area (Å²) >= 11 is 0. The number of para-hydroxylation sites is 1. The standard InChI is InChI=1S/C15H20N2O3/c1-10-6-5-8-12(14(18)19)13(10)16-15(20)17-9-4-3-7-11(17)2/h5-6,8,11H,3-4,7,9H2,1-2H3,(H,16,20)(H,18,19). The van der Waals surface area contributed by atoms with Crippen molar-refractivity contribution in [3.05, 3.63) is 29.3 Å². The van der Waals surface area contributed by atoms with Gasteiger partial charge in [0.1, 0.15) is 0 Å². The second-order valence-corrected chi connectivity index (χ2v) is 5.27. The fraction of sp³-hybridized carbons (Fsp3) is 0.467. The Kier molecular flexibility index (Phi) is 4.27. The number of rotatable bonds is 2. The average molecular weight is 276 g/mol. The van der Waals surface area contributed by atoms with Gasteiger partial charge in [-0.15, -0.1) is 0 Å². The average Bonchev–Trinajstić information content (AvgIpc) is 2.41. The first-order valence-corrected chi connectivity index (χ1v) is 6.91. The van der Waals surface area contributed by atoms with E-state index in [0.29, 0.717) is 5.69 Å². The normalized spacial score (nSPS) is 18.7. The summed E-state index contributed by atoms with van der Waals surface area (Å²) in [5.74, 6) is -1.03. The van der Waals surface area contributed by atoms with Gasteiger partial charge in [-0.3, -0.25) is 0 Å². The Bertz CT molecular complexity index is 528. The predicted octanol–water partition coefficient (Wildman–Crippen LogP) is 3.10. The van der Waals surface area contributed by atoms with Gasteiger partial charge in [0.2, 0.25) is 0 Å². The van der Waals surface area contributed by atoms with Crippen LogP contribution in [0.4, 0.5) is 10.5 Å². The number of carbonyl (C=O) groups is 2. The molecule has 1 saturated heterocycles. The van der Waals surface area contributed by atoms with Crippen LogP contribution in [0.25, 0.3) is 0 Å². The topological polar surface area (TPSA) is 69.6 Å². The van der Waals surface area contributed by atoms with Gasteiger partial charge in [-0.25, -0.2) is 9.59 Å². The summed E-state index contributed by atoms with van der Waals surface area (Å²) in [7, 11) is 0. The Morgan fingerprint density at radius 2 is 2.10 bits per heavy atom. The number of hydrogen-bond donors (Lipinski definition) is 2. The lowest BCUT2D eigenvalue weighted by atomic mass is 10.0. The van der Waals surface area contributed by atoms with Crippen molar-refractivity contribution < 1.29 is 14.7 Å². The monoisotopic (exact) mass is 276 g/mol. The summed E-state index contributed by atoms with van der Waals surface area (Å²) in [6.45, 7) is 4.54. The highest BCUT2D eigenvalue weighted by Crippen LogP contribution is 2.23. The number of nitrogens with one attached hydrogen (secondary N) is 1. The quantitative estimate of drug-likeness (QED) is 0.872. The van der Waals surface area contributed by atoms with Gasteiger partial charge in [0, 0.05) is 12.6 Å². The summed E-state index contributed by atoms with van der Waals surface area (Å²) in [4.78, 5) is 25.3. The molecule has 2 N–H and O–H groups in total. The van der Waals surface area contributed by atoms with Crippen LogP contribution in [0.15, 0.2) is 18.2 Å². The molecule has 108 valence electrons. The van der Waals surface area contributed by atoms with Gasteiger partial charge in [0.25, 0.3) is 0 Å². The predicted molar refractivity (Wildman–Crippen MR) is 77.2 cm³/mol. The highest BCUT2D eigenvalue weighted by Gasteiger charge is 2.24. The molecule has 1 aliphatic heterocycles. The molecule has 5 nitrogen and oxygen atoms in total. The van der Waals surface area contributed by atoms with Crippen molar-refractivity contribution in [2.24, 2.45) is 0 Å². The van der Waals surface area contributed by atoms with Gasteiger partial charge in [-0.2, -0.15) is 0 Å². The second kappa shape index (κ2) is 5.94. The zero-order chi connectivity index (χ0) is 14.7. The molecule has 20 heavy (non-hydrogen) atoms. The number of nitrogens with zero attached hydrogens (tertiary/aromatic N) is 1. The SMILES string of the molecule is Cc1cccc(C(=O)O)c1NC(=O)N1CCCCC1C. The Hall–Kier alpha value is -2.04. The fourth-order valence-corrected chi connectivity index (χ4v) is 2.59. The van der Waals surface area contributed by atoms with E-state index in [1.165, 1.54) is 6.07 Å². The Balaban J connectivity index is 2.21. The summed E-state index contributed by atoms with van der Waals surface area (Å²) in [5.41, 5.74) is 1.27. The molecule has 0 aromatic heterocycles. The van der Waals surface area contributed by atoms with E-state index in [4.69, 9.17) is 0 Å². The molecule has 1 aliphatic rings. The Morgan fingerprint density at radius 3 is 2.75 bits per heavy atom. The summed E-state index contributed by atoms with van der Waals surface area (Å²) < 4.78 is 0. The molecular formula is C15H20N2O3. The number of anilines is 1. The van der Waals surface area contributed by atoms with Crippen molar-refractivity contribution in [3.8, 4) is 0 Å². The first-order chi connectivity index (χ1) is 9.50. The third-order valence-electron chi connectivity index (χ3n) is 3.80. The van der Waals surface area contributed by atoms with E-state index in [9.17, 15) is 14.7 Å². The number of piperidine rings is 1. The second-order valence-electron chi connectivity index (χ2n) is 5.27. The molecule has 1 aromatic rings. The third kappa shape index (κ3) is 2.92. The Morgan fingerprint density at radius 1 is 1.35 bits per heavy atom. The van der Waals surface area contributed by atoms with Gasteiger partial charge >= 0.3 is 12.0 Å². The molecule has 1 atom stereocenters. The number of amides is 2. The van der Waals surface area contributed by atoms with Crippen molar-refractivity contribution >= 4 is 17.7 Å². The van der Waals surface area contributed by atoms with Crippen LogP contribution in [0.1, 0.15) is 42.1 Å². The molecule has 1 fully saturated rings. The molecule has 0 spiro atoms. The minimum absolute atomic E-state index is 0.128. The van der Waals surface area contributed by atoms with Crippen molar-refractivity contribution in [2.75, 3.05) is 11.9 Å². The first-order valence-electron chi connectivity index (χ1n) is 6.91. The number of aromatic carboxylic acids is 1.